The predicted molar refractivity (Wildman–Crippen MR) is 128 cm³/mol. The van der Waals surface area contributed by atoms with Crippen LogP contribution in [0.4, 0.5) is 0 Å². The highest BCUT2D eigenvalue weighted by atomic mass is 16.5. The average Bonchev–Trinajstić information content (AvgIpc) is 3.13. The van der Waals surface area contributed by atoms with Crippen LogP contribution in [0, 0.1) is 0 Å². The van der Waals surface area contributed by atoms with Crippen molar-refractivity contribution in [3.63, 3.8) is 0 Å². The fourth-order valence-corrected chi connectivity index (χ4v) is 3.98. The summed E-state index contributed by atoms with van der Waals surface area (Å²) in [5, 5.41) is 14.5. The summed E-state index contributed by atoms with van der Waals surface area (Å²) in [7, 11) is 1.61. The summed E-state index contributed by atoms with van der Waals surface area (Å²) in [6.45, 7) is 5.34. The fourth-order valence-electron chi connectivity index (χ4n) is 3.98. The number of nitrogens with zero attached hydrogens (tertiary/aromatic N) is 1. The van der Waals surface area contributed by atoms with Crippen molar-refractivity contribution in [2.75, 3.05) is 7.11 Å². The Bertz CT molecular complexity index is 1240. The van der Waals surface area contributed by atoms with Gasteiger partial charge < -0.3 is 19.7 Å². The number of fused-ring (bicyclic) bond motifs is 1. The zero-order valence-electron chi connectivity index (χ0n) is 18.0. The molecule has 0 spiro atoms. The number of hydrogen-bond donors (Lipinski definition) is 2. The molecule has 3 aromatic carbocycles. The number of hydrogen-bond acceptors (Lipinski definition) is 3. The summed E-state index contributed by atoms with van der Waals surface area (Å²) in [6.07, 6.45) is 1.79. The van der Waals surface area contributed by atoms with Crippen molar-refractivity contribution in [2.45, 2.75) is 19.6 Å². The van der Waals surface area contributed by atoms with Crippen molar-refractivity contribution in [3.05, 3.63) is 107 Å². The van der Waals surface area contributed by atoms with Crippen molar-refractivity contribution in [3.8, 4) is 5.75 Å². The second-order valence-electron chi connectivity index (χ2n) is 7.64. The van der Waals surface area contributed by atoms with E-state index in [0.29, 0.717) is 31.1 Å². The third-order valence-electron chi connectivity index (χ3n) is 5.61. The first-order valence-corrected chi connectivity index (χ1v) is 10.5. The number of carboxylic acids is 1. The number of nitrogens with one attached hydrogen (secondary N) is 1. The Morgan fingerprint density at radius 2 is 1.78 bits per heavy atom. The van der Waals surface area contributed by atoms with Gasteiger partial charge in [-0.3, -0.25) is 0 Å². The zero-order chi connectivity index (χ0) is 22.5. The second-order valence-corrected chi connectivity index (χ2v) is 7.64. The molecule has 0 bridgehead atoms. The molecular weight excluding hydrogens is 400 g/mol. The quantitative estimate of drug-likeness (QED) is 0.380. The van der Waals surface area contributed by atoms with E-state index in [9.17, 15) is 9.90 Å². The normalized spacial score (nSPS) is 10.9. The second kappa shape index (κ2) is 9.54. The highest BCUT2D eigenvalue weighted by Crippen LogP contribution is 2.31. The Balaban J connectivity index is 1.75. The summed E-state index contributed by atoms with van der Waals surface area (Å²) < 4.78 is 7.28. The molecule has 1 aromatic heterocycles. The third-order valence-corrected chi connectivity index (χ3v) is 5.61. The zero-order valence-corrected chi connectivity index (χ0v) is 18.0. The smallest absolute Gasteiger partial charge is 0.352 e. The van der Waals surface area contributed by atoms with E-state index in [1.54, 1.807) is 13.2 Å². The van der Waals surface area contributed by atoms with E-state index < -0.39 is 5.97 Å². The lowest BCUT2D eigenvalue weighted by atomic mass is 10.1. The lowest BCUT2D eigenvalue weighted by molar-refractivity contribution is 0.0684. The summed E-state index contributed by atoms with van der Waals surface area (Å²) in [5.41, 5.74) is 5.09. The average molecular weight is 427 g/mol. The molecule has 32 heavy (non-hydrogen) atoms. The van der Waals surface area contributed by atoms with Crippen LogP contribution in [0.2, 0.25) is 0 Å². The minimum absolute atomic E-state index is 0.293. The molecule has 0 unspecified atom stereocenters. The maximum absolute atomic E-state index is 12.4. The lowest BCUT2D eigenvalue weighted by Crippen LogP contribution is -2.17. The molecule has 4 aromatic rings. The maximum atomic E-state index is 12.4. The number of ether oxygens (including phenoxy) is 1. The minimum Gasteiger partial charge on any atom is -0.497 e. The van der Waals surface area contributed by atoms with Gasteiger partial charge in [0.15, 0.2) is 0 Å². The van der Waals surface area contributed by atoms with Crippen LogP contribution in [0.1, 0.15) is 32.7 Å². The van der Waals surface area contributed by atoms with Crippen LogP contribution >= 0.6 is 0 Å². The van der Waals surface area contributed by atoms with Crippen LogP contribution < -0.4 is 10.1 Å². The lowest BCUT2D eigenvalue weighted by Gasteiger charge is -2.11. The van der Waals surface area contributed by atoms with E-state index >= 15 is 0 Å². The first kappa shape index (κ1) is 21.4. The number of rotatable bonds is 9. The number of aromatic carboxylic acids is 1. The predicted octanol–water partition coefficient (Wildman–Crippen LogP) is 5.33. The molecule has 1 heterocycles. The van der Waals surface area contributed by atoms with Crippen LogP contribution in [0.3, 0.4) is 0 Å². The Morgan fingerprint density at radius 3 is 2.44 bits per heavy atom. The molecular formula is C27H26N2O3. The Labute approximate surface area is 187 Å². The van der Waals surface area contributed by atoms with Gasteiger partial charge in [0.2, 0.25) is 0 Å². The van der Waals surface area contributed by atoms with Crippen LogP contribution in [-0.4, -0.2) is 22.8 Å². The Hall–Kier alpha value is -3.83. The van der Waals surface area contributed by atoms with E-state index in [1.807, 2.05) is 77.4 Å². The highest BCUT2D eigenvalue weighted by molar-refractivity contribution is 5.98. The summed E-state index contributed by atoms with van der Waals surface area (Å²) >= 11 is 0. The first-order valence-electron chi connectivity index (χ1n) is 10.5. The third kappa shape index (κ3) is 4.43. The van der Waals surface area contributed by atoms with E-state index in [1.165, 1.54) is 0 Å². The number of benzene rings is 3. The molecule has 0 radical (unpaired) electrons. The number of aromatic nitrogens is 1. The van der Waals surface area contributed by atoms with Gasteiger partial charge in [-0.15, -0.1) is 0 Å². The van der Waals surface area contributed by atoms with Gasteiger partial charge in [0.1, 0.15) is 11.4 Å². The Kier molecular flexibility index (Phi) is 6.38. The van der Waals surface area contributed by atoms with Gasteiger partial charge in [0.25, 0.3) is 0 Å². The van der Waals surface area contributed by atoms with E-state index in [-0.39, 0.29) is 0 Å². The standard InChI is InChI=1S/C27H26N2O3/c1-3-19-9-11-21(12-10-19)18-29-25-15-22(32-2)13-14-23(25)24(26(29)27(30)31)17-28-16-20-7-5-4-6-8-20/h3-15,28H,1,16-18H2,2H3,(H,30,31). The molecule has 0 aliphatic carbocycles. The number of methoxy groups -OCH3 is 1. The molecule has 5 heteroatoms. The summed E-state index contributed by atoms with van der Waals surface area (Å²) in [5.74, 6) is -0.252. The van der Waals surface area contributed by atoms with Gasteiger partial charge in [-0.05, 0) is 28.8 Å². The fraction of sp³-hybridized carbons (Fsp3) is 0.148. The summed E-state index contributed by atoms with van der Waals surface area (Å²) in [6, 6.07) is 23.8. The highest BCUT2D eigenvalue weighted by Gasteiger charge is 2.22. The molecule has 0 amide bonds. The van der Waals surface area contributed by atoms with Crippen LogP contribution in [0.15, 0.2) is 79.4 Å². The van der Waals surface area contributed by atoms with Gasteiger partial charge in [-0.1, -0.05) is 67.3 Å². The van der Waals surface area contributed by atoms with E-state index in [4.69, 9.17) is 4.74 Å². The first-order chi connectivity index (χ1) is 15.6. The van der Waals surface area contributed by atoms with Gasteiger partial charge in [-0.25, -0.2) is 4.79 Å². The van der Waals surface area contributed by atoms with Crippen LogP contribution in [0.25, 0.3) is 17.0 Å². The molecule has 0 atom stereocenters. The Morgan fingerprint density at radius 1 is 1.03 bits per heavy atom. The molecule has 0 aliphatic heterocycles. The van der Waals surface area contributed by atoms with Gasteiger partial charge in [0, 0.05) is 36.7 Å². The van der Waals surface area contributed by atoms with Crippen molar-refractivity contribution in [2.24, 2.45) is 0 Å². The van der Waals surface area contributed by atoms with Gasteiger partial charge in [-0.2, -0.15) is 0 Å². The van der Waals surface area contributed by atoms with Crippen molar-refractivity contribution in [1.29, 1.82) is 0 Å². The van der Waals surface area contributed by atoms with E-state index in [0.717, 1.165) is 33.2 Å². The molecule has 0 fully saturated rings. The van der Waals surface area contributed by atoms with E-state index in [2.05, 4.69) is 11.9 Å². The monoisotopic (exact) mass is 426 g/mol. The number of carbonyl (C=O) groups is 1. The molecule has 162 valence electrons. The van der Waals surface area contributed by atoms with Crippen molar-refractivity contribution in [1.82, 2.24) is 9.88 Å². The molecule has 5 nitrogen and oxygen atoms in total. The molecule has 0 saturated carbocycles. The largest absolute Gasteiger partial charge is 0.497 e. The summed E-state index contributed by atoms with van der Waals surface area (Å²) in [4.78, 5) is 12.4. The molecule has 4 rings (SSSR count). The minimum atomic E-state index is -0.945. The van der Waals surface area contributed by atoms with Gasteiger partial charge in [0.05, 0.1) is 12.6 Å². The van der Waals surface area contributed by atoms with Crippen molar-refractivity contribution < 1.29 is 14.6 Å². The van der Waals surface area contributed by atoms with Crippen LogP contribution in [-0.2, 0) is 19.6 Å². The molecule has 2 N–H and O–H groups in total. The van der Waals surface area contributed by atoms with Crippen molar-refractivity contribution >= 4 is 22.9 Å². The molecule has 0 aliphatic rings. The SMILES string of the molecule is C=Cc1ccc(Cn2c(C(=O)O)c(CNCc3ccccc3)c3ccc(OC)cc32)cc1. The topological polar surface area (TPSA) is 63.5 Å². The maximum Gasteiger partial charge on any atom is 0.352 e. The van der Waals surface area contributed by atoms with Crippen LogP contribution in [0.5, 0.6) is 5.75 Å². The van der Waals surface area contributed by atoms with Gasteiger partial charge >= 0.3 is 5.97 Å². The molecule has 0 saturated heterocycles. The number of carboxylic acid groups (broad SMARTS) is 1.